The van der Waals surface area contributed by atoms with Gasteiger partial charge >= 0.3 is 0 Å². The molecule has 1 fully saturated rings. The van der Waals surface area contributed by atoms with Gasteiger partial charge in [0, 0.05) is 25.7 Å². The molecule has 1 heterocycles. The van der Waals surface area contributed by atoms with Crippen LogP contribution in [0.15, 0.2) is 10.6 Å². The van der Waals surface area contributed by atoms with Gasteiger partial charge in [-0.2, -0.15) is 0 Å². The number of Topliss-reactive ketones (excluding diaryl/α,β-unsaturated/α-hetero) is 1. The third kappa shape index (κ3) is 8.11. The normalized spacial score (nSPS) is 16.8. The second-order valence-electron chi connectivity index (χ2n) is 9.45. The van der Waals surface area contributed by atoms with Gasteiger partial charge in [-0.3, -0.25) is 19.2 Å². The summed E-state index contributed by atoms with van der Waals surface area (Å²) in [7, 11) is 2.73. The fraction of sp³-hybridized carbons (Fsp3) is 0.696. The number of amides is 3. The van der Waals surface area contributed by atoms with Crippen LogP contribution < -0.4 is 16.0 Å². The molecule has 196 valence electrons. The number of aliphatic hydroxyl groups excluding tert-OH is 1. The first-order valence-corrected chi connectivity index (χ1v) is 11.5. The molecule has 35 heavy (non-hydrogen) atoms. The molecule has 12 nitrogen and oxygen atoms in total. The molecule has 1 saturated carbocycles. The highest BCUT2D eigenvalue weighted by Gasteiger charge is 2.48. The van der Waals surface area contributed by atoms with Crippen LogP contribution >= 0.6 is 0 Å². The summed E-state index contributed by atoms with van der Waals surface area (Å²) in [5.41, 5.74) is -0.546. The fourth-order valence-corrected chi connectivity index (χ4v) is 3.53. The van der Waals surface area contributed by atoms with Crippen molar-refractivity contribution in [3.8, 4) is 0 Å². The molecule has 12 heteroatoms. The first-order valence-electron chi connectivity index (χ1n) is 11.5. The van der Waals surface area contributed by atoms with E-state index in [1.165, 1.54) is 20.3 Å². The smallest absolute Gasteiger partial charge is 0.274 e. The minimum absolute atomic E-state index is 0.0126. The Balaban J connectivity index is 2.08. The molecular weight excluding hydrogens is 460 g/mol. The molecule has 0 spiro atoms. The van der Waals surface area contributed by atoms with Gasteiger partial charge in [-0.1, -0.05) is 25.9 Å². The minimum atomic E-state index is -1.16. The van der Waals surface area contributed by atoms with E-state index in [9.17, 15) is 19.2 Å². The Morgan fingerprint density at radius 3 is 2.03 bits per heavy atom. The number of hydrogen-bond acceptors (Lipinski definition) is 9. The number of hydrogen-bond donors (Lipinski definition) is 4. The molecule has 0 radical (unpaired) electrons. The maximum atomic E-state index is 13.0. The van der Waals surface area contributed by atoms with Gasteiger partial charge in [0.2, 0.25) is 11.8 Å². The SMILES string of the molecule is COC[C@H](NC(=O)c1cc(CO)on1)C(=O)N[C@@H](COC)C(=O)N[C@@H](CC(C)C)C(=O)C1(C)CC1. The second kappa shape index (κ2) is 12.8. The molecule has 1 aromatic heterocycles. The van der Waals surface area contributed by atoms with Crippen molar-refractivity contribution in [2.45, 2.75) is 64.8 Å². The Bertz CT molecular complexity index is 896. The van der Waals surface area contributed by atoms with E-state index in [4.69, 9.17) is 19.1 Å². The standard InChI is InChI=1S/C23H36N4O8/c1-13(2)8-15(19(29)23(3)6-7-23)24-21(31)17(11-33-4)26-22(32)18(12-34-5)25-20(30)16-9-14(10-28)35-27-16/h9,13,15,17-18,28H,6-8,10-12H2,1-5H3,(H,24,31)(H,25,30)(H,26,32)/t15-,17-,18-/m0/s1. The average molecular weight is 497 g/mol. The summed E-state index contributed by atoms with van der Waals surface area (Å²) in [5.74, 6) is -1.73. The lowest BCUT2D eigenvalue weighted by molar-refractivity contribution is -0.134. The Morgan fingerprint density at radius 2 is 1.57 bits per heavy atom. The zero-order valence-electron chi connectivity index (χ0n) is 20.9. The number of rotatable bonds is 15. The lowest BCUT2D eigenvalue weighted by Gasteiger charge is -2.26. The summed E-state index contributed by atoms with van der Waals surface area (Å²) < 4.78 is 14.9. The number of aromatic nitrogens is 1. The third-order valence-electron chi connectivity index (χ3n) is 5.80. The van der Waals surface area contributed by atoms with Crippen LogP contribution in [-0.4, -0.2) is 79.3 Å². The Morgan fingerprint density at radius 1 is 1.03 bits per heavy atom. The molecule has 1 aromatic rings. The molecule has 0 aliphatic heterocycles. The second-order valence-corrected chi connectivity index (χ2v) is 9.45. The predicted molar refractivity (Wildman–Crippen MR) is 123 cm³/mol. The maximum absolute atomic E-state index is 13.0. The van der Waals surface area contributed by atoms with Gasteiger partial charge in [-0.25, -0.2) is 0 Å². The van der Waals surface area contributed by atoms with Gasteiger partial charge < -0.3 is 35.1 Å². The topological polar surface area (TPSA) is 169 Å². The lowest BCUT2D eigenvalue weighted by Crippen LogP contribution is -2.58. The molecule has 4 N–H and O–H groups in total. The number of nitrogens with one attached hydrogen (secondary N) is 3. The molecule has 3 amide bonds. The van der Waals surface area contributed by atoms with E-state index < -0.39 is 47.9 Å². The summed E-state index contributed by atoms with van der Waals surface area (Å²) in [6.07, 6.45) is 2.06. The zero-order chi connectivity index (χ0) is 26.2. The minimum Gasteiger partial charge on any atom is -0.388 e. The highest BCUT2D eigenvalue weighted by atomic mass is 16.5. The highest BCUT2D eigenvalue weighted by molar-refractivity contribution is 5.98. The number of nitrogens with zero attached hydrogens (tertiary/aromatic N) is 1. The number of aliphatic hydroxyl groups is 1. The number of carbonyl (C=O) groups excluding carboxylic acids is 4. The average Bonchev–Trinajstić information content (AvgIpc) is 3.37. The van der Waals surface area contributed by atoms with E-state index in [1.807, 2.05) is 20.8 Å². The van der Waals surface area contributed by atoms with Crippen molar-refractivity contribution in [2.24, 2.45) is 11.3 Å². The van der Waals surface area contributed by atoms with Crippen molar-refractivity contribution in [3.05, 3.63) is 17.5 Å². The Labute approximate surface area is 204 Å². The van der Waals surface area contributed by atoms with Crippen LogP contribution in [0, 0.1) is 11.3 Å². The van der Waals surface area contributed by atoms with Crippen molar-refractivity contribution in [2.75, 3.05) is 27.4 Å². The summed E-state index contributed by atoms with van der Waals surface area (Å²) in [6.45, 7) is 5.05. The van der Waals surface area contributed by atoms with E-state index in [0.717, 1.165) is 12.8 Å². The largest absolute Gasteiger partial charge is 0.388 e. The summed E-state index contributed by atoms with van der Waals surface area (Å²) >= 11 is 0. The molecular formula is C23H36N4O8. The van der Waals surface area contributed by atoms with E-state index in [2.05, 4.69) is 21.1 Å². The van der Waals surface area contributed by atoms with Crippen molar-refractivity contribution in [1.29, 1.82) is 0 Å². The summed E-state index contributed by atoms with van der Waals surface area (Å²) in [6, 6.07) is -1.70. The van der Waals surface area contributed by atoms with Crippen LogP contribution in [0.3, 0.4) is 0 Å². The molecule has 2 rings (SSSR count). The van der Waals surface area contributed by atoms with E-state index in [0.29, 0.717) is 6.42 Å². The van der Waals surface area contributed by atoms with Gasteiger partial charge in [-0.05, 0) is 25.2 Å². The van der Waals surface area contributed by atoms with Crippen LogP contribution in [-0.2, 0) is 30.5 Å². The molecule has 1 aliphatic rings. The molecule has 0 saturated heterocycles. The van der Waals surface area contributed by atoms with Crippen molar-refractivity contribution < 1.29 is 38.3 Å². The predicted octanol–water partition coefficient (Wildman–Crippen LogP) is -0.0570. The number of ether oxygens (including phenoxy) is 2. The van der Waals surface area contributed by atoms with Crippen molar-refractivity contribution in [1.82, 2.24) is 21.1 Å². The summed E-state index contributed by atoms with van der Waals surface area (Å²) in [4.78, 5) is 51.4. The molecule has 0 aromatic carbocycles. The third-order valence-corrected chi connectivity index (χ3v) is 5.80. The van der Waals surface area contributed by atoms with Gasteiger partial charge in [0.1, 0.15) is 18.7 Å². The first-order chi connectivity index (χ1) is 16.5. The Hall–Kier alpha value is -2.83. The van der Waals surface area contributed by atoms with Crippen LogP contribution in [0.5, 0.6) is 0 Å². The van der Waals surface area contributed by atoms with Crippen LogP contribution in [0.1, 0.15) is 56.3 Å². The number of carbonyl (C=O) groups is 4. The van der Waals surface area contributed by atoms with Crippen LogP contribution in [0.2, 0.25) is 0 Å². The van der Waals surface area contributed by atoms with Gasteiger partial charge in [0.25, 0.3) is 5.91 Å². The molecule has 1 aliphatic carbocycles. The summed E-state index contributed by atoms with van der Waals surface area (Å²) in [5, 5.41) is 20.4. The quantitative estimate of drug-likeness (QED) is 0.260. The number of ketones is 1. The van der Waals surface area contributed by atoms with Gasteiger partial charge in [-0.15, -0.1) is 0 Å². The van der Waals surface area contributed by atoms with Crippen molar-refractivity contribution >= 4 is 23.5 Å². The van der Waals surface area contributed by atoms with E-state index >= 15 is 0 Å². The number of methoxy groups -OCH3 is 2. The molecule has 3 atom stereocenters. The zero-order valence-corrected chi connectivity index (χ0v) is 20.9. The monoisotopic (exact) mass is 496 g/mol. The van der Waals surface area contributed by atoms with Crippen LogP contribution in [0.25, 0.3) is 0 Å². The highest BCUT2D eigenvalue weighted by Crippen LogP contribution is 2.47. The maximum Gasteiger partial charge on any atom is 0.274 e. The molecule has 0 unspecified atom stereocenters. The van der Waals surface area contributed by atoms with Gasteiger partial charge in [0.15, 0.2) is 17.2 Å². The molecule has 0 bridgehead atoms. The van der Waals surface area contributed by atoms with Gasteiger partial charge in [0.05, 0.1) is 19.3 Å². The Kier molecular flexibility index (Phi) is 10.3. The van der Waals surface area contributed by atoms with E-state index in [1.54, 1.807) is 0 Å². The van der Waals surface area contributed by atoms with E-state index in [-0.39, 0.29) is 36.4 Å². The fourth-order valence-electron chi connectivity index (χ4n) is 3.53. The van der Waals surface area contributed by atoms with Crippen molar-refractivity contribution in [3.63, 3.8) is 0 Å². The lowest BCUT2D eigenvalue weighted by atomic mass is 9.91. The van der Waals surface area contributed by atoms with Crippen LogP contribution in [0.4, 0.5) is 0 Å². The first kappa shape index (κ1) is 28.4.